The summed E-state index contributed by atoms with van der Waals surface area (Å²) < 4.78 is 43.6. The van der Waals surface area contributed by atoms with Gasteiger partial charge in [0.2, 0.25) is 0 Å². The molecule has 1 saturated carbocycles. The van der Waals surface area contributed by atoms with Gasteiger partial charge in [-0.05, 0) is 38.0 Å². The smallest absolute Gasteiger partial charge is 0.336 e. The first-order chi connectivity index (χ1) is 14.1. The zero-order chi connectivity index (χ0) is 21.6. The number of benzene rings is 1. The summed E-state index contributed by atoms with van der Waals surface area (Å²) in [4.78, 5) is 27.3. The minimum Gasteiger partial charge on any atom is -0.336 e. The van der Waals surface area contributed by atoms with E-state index in [0.717, 1.165) is 18.9 Å². The number of hydrogen-bond acceptors (Lipinski definition) is 7. The number of rotatable bonds is 5. The Morgan fingerprint density at radius 1 is 1.30 bits per heavy atom. The van der Waals surface area contributed by atoms with E-state index in [2.05, 4.69) is 21.0 Å². The van der Waals surface area contributed by atoms with Gasteiger partial charge in [0.25, 0.3) is 17.3 Å². The average molecular weight is 421 g/mol. The van der Waals surface area contributed by atoms with E-state index >= 15 is 0 Å². The lowest BCUT2D eigenvalue weighted by atomic mass is 10.1. The molecule has 0 unspecified atom stereocenters. The lowest BCUT2D eigenvalue weighted by Crippen LogP contribution is -2.30. The number of nitro groups is 1. The van der Waals surface area contributed by atoms with E-state index in [1.165, 1.54) is 0 Å². The second kappa shape index (κ2) is 6.97. The maximum Gasteiger partial charge on any atom is 0.416 e. The summed E-state index contributed by atoms with van der Waals surface area (Å²) in [6.45, 7) is 1.63. The van der Waals surface area contributed by atoms with Gasteiger partial charge < -0.3 is 4.52 Å². The molecular weight excluding hydrogens is 407 g/mol. The van der Waals surface area contributed by atoms with Crippen molar-refractivity contribution in [2.45, 2.75) is 31.9 Å². The molecule has 156 valence electrons. The van der Waals surface area contributed by atoms with Gasteiger partial charge in [0, 0.05) is 17.7 Å². The van der Waals surface area contributed by atoms with Crippen molar-refractivity contribution in [2.24, 2.45) is 0 Å². The van der Waals surface area contributed by atoms with Gasteiger partial charge in [0.15, 0.2) is 0 Å². The molecule has 9 nitrogen and oxygen atoms in total. The molecule has 2 N–H and O–H groups in total. The fourth-order valence-corrected chi connectivity index (χ4v) is 3.04. The summed E-state index contributed by atoms with van der Waals surface area (Å²) in [6, 6.07) is 3.56. The van der Waals surface area contributed by atoms with Crippen molar-refractivity contribution in [1.29, 1.82) is 0 Å². The normalized spacial score (nSPS) is 14.0. The molecule has 1 aliphatic rings. The van der Waals surface area contributed by atoms with E-state index < -0.39 is 28.3 Å². The SMILES string of the molecule is Cc1noc2nc(C3CC3)cc(C(=O)NNc3ccc(C(F)(F)F)cc3[N+](=O)[O-])c12. The zero-order valence-corrected chi connectivity index (χ0v) is 15.4. The molecule has 0 spiro atoms. The van der Waals surface area contributed by atoms with Crippen LogP contribution in [0.1, 0.15) is 46.1 Å². The largest absolute Gasteiger partial charge is 0.416 e. The van der Waals surface area contributed by atoms with Gasteiger partial charge in [0.1, 0.15) is 5.69 Å². The van der Waals surface area contributed by atoms with Crippen molar-refractivity contribution in [3.05, 3.63) is 56.9 Å². The fraction of sp³-hybridized carbons (Fsp3) is 0.278. The summed E-state index contributed by atoms with van der Waals surface area (Å²) in [5.41, 5.74) is 3.83. The van der Waals surface area contributed by atoms with Crippen LogP contribution >= 0.6 is 0 Å². The van der Waals surface area contributed by atoms with Crippen molar-refractivity contribution < 1.29 is 27.4 Å². The topological polar surface area (TPSA) is 123 Å². The van der Waals surface area contributed by atoms with E-state index in [1.54, 1.807) is 13.0 Å². The number of nitrogens with zero attached hydrogens (tertiary/aromatic N) is 3. The molecular formula is C18H14F3N5O4. The van der Waals surface area contributed by atoms with Gasteiger partial charge in [-0.1, -0.05) is 5.16 Å². The number of hydrogen-bond donors (Lipinski definition) is 2. The molecule has 0 bridgehead atoms. The molecule has 1 aliphatic carbocycles. The van der Waals surface area contributed by atoms with Crippen LogP contribution in [0.25, 0.3) is 11.1 Å². The predicted octanol–water partition coefficient (Wildman–Crippen LogP) is 4.09. The lowest BCUT2D eigenvalue weighted by molar-refractivity contribution is -0.384. The monoisotopic (exact) mass is 421 g/mol. The van der Waals surface area contributed by atoms with Crippen LogP contribution in [0.3, 0.4) is 0 Å². The molecule has 3 aromatic rings. The third kappa shape index (κ3) is 3.63. The van der Waals surface area contributed by atoms with E-state index in [-0.39, 0.29) is 22.9 Å². The van der Waals surface area contributed by atoms with Crippen LogP contribution < -0.4 is 10.9 Å². The molecule has 1 fully saturated rings. The van der Waals surface area contributed by atoms with Crippen LogP contribution in [-0.2, 0) is 6.18 Å². The first-order valence-corrected chi connectivity index (χ1v) is 8.84. The quantitative estimate of drug-likeness (QED) is 0.470. The maximum absolute atomic E-state index is 12.8. The van der Waals surface area contributed by atoms with Crippen LogP contribution in [0, 0.1) is 17.0 Å². The van der Waals surface area contributed by atoms with Crippen molar-refractivity contribution >= 4 is 28.4 Å². The van der Waals surface area contributed by atoms with E-state index in [0.29, 0.717) is 28.9 Å². The van der Waals surface area contributed by atoms with Crippen molar-refractivity contribution in [3.63, 3.8) is 0 Å². The van der Waals surface area contributed by atoms with Crippen molar-refractivity contribution in [2.75, 3.05) is 5.43 Å². The number of hydrazine groups is 1. The summed E-state index contributed by atoms with van der Waals surface area (Å²) in [7, 11) is 0. The lowest BCUT2D eigenvalue weighted by Gasteiger charge is -2.12. The number of halogens is 3. The van der Waals surface area contributed by atoms with Gasteiger partial charge in [-0.25, -0.2) is 4.98 Å². The van der Waals surface area contributed by atoms with Crippen LogP contribution in [-0.4, -0.2) is 21.0 Å². The van der Waals surface area contributed by atoms with Gasteiger partial charge in [0.05, 0.1) is 27.1 Å². The highest BCUT2D eigenvalue weighted by molar-refractivity contribution is 6.06. The third-order valence-electron chi connectivity index (χ3n) is 4.71. The van der Waals surface area contributed by atoms with Crippen LogP contribution in [0.2, 0.25) is 0 Å². The van der Waals surface area contributed by atoms with Gasteiger partial charge in [-0.3, -0.25) is 25.8 Å². The van der Waals surface area contributed by atoms with E-state index in [1.807, 2.05) is 0 Å². The molecule has 0 aliphatic heterocycles. The molecule has 12 heteroatoms. The van der Waals surface area contributed by atoms with Crippen LogP contribution in [0.4, 0.5) is 24.5 Å². The zero-order valence-electron chi connectivity index (χ0n) is 15.4. The number of fused-ring (bicyclic) bond motifs is 1. The van der Waals surface area contributed by atoms with Gasteiger partial charge in [-0.15, -0.1) is 0 Å². The summed E-state index contributed by atoms with van der Waals surface area (Å²) in [5.74, 6) is -0.444. The molecule has 1 amide bonds. The number of aryl methyl sites for hydroxylation is 1. The summed E-state index contributed by atoms with van der Waals surface area (Å²) in [5, 5.41) is 15.4. The predicted molar refractivity (Wildman–Crippen MR) is 97.7 cm³/mol. The number of nitro benzene ring substituents is 1. The molecule has 1 aromatic carbocycles. The molecule has 0 atom stereocenters. The standard InChI is InChI=1S/C18H14F3N5O4/c1-8-15-11(7-13(9-2-3-9)22-17(15)30-25-8)16(27)24-23-12-5-4-10(18(19,20)21)6-14(12)26(28)29/h4-7,9,23H,2-3H2,1H3,(H,24,27). The number of aromatic nitrogens is 2. The second-order valence-corrected chi connectivity index (χ2v) is 6.88. The highest BCUT2D eigenvalue weighted by Crippen LogP contribution is 2.40. The Bertz CT molecular complexity index is 1170. The molecule has 0 radical (unpaired) electrons. The first-order valence-electron chi connectivity index (χ1n) is 8.84. The van der Waals surface area contributed by atoms with E-state index in [4.69, 9.17) is 4.52 Å². The highest BCUT2D eigenvalue weighted by atomic mass is 19.4. The Kier molecular flexibility index (Phi) is 4.56. The molecule has 30 heavy (non-hydrogen) atoms. The second-order valence-electron chi connectivity index (χ2n) is 6.88. The Balaban J connectivity index is 1.63. The summed E-state index contributed by atoms with van der Waals surface area (Å²) in [6.07, 6.45) is -2.87. The minimum atomic E-state index is -4.74. The molecule has 4 rings (SSSR count). The third-order valence-corrected chi connectivity index (χ3v) is 4.71. The van der Waals surface area contributed by atoms with Crippen molar-refractivity contribution in [1.82, 2.24) is 15.6 Å². The average Bonchev–Trinajstić information content (AvgIpc) is 3.48. The Labute approximate surface area is 166 Å². The Hall–Kier alpha value is -3.70. The Morgan fingerprint density at radius 2 is 2.03 bits per heavy atom. The summed E-state index contributed by atoms with van der Waals surface area (Å²) >= 11 is 0. The first kappa shape index (κ1) is 19.6. The number of nitrogens with one attached hydrogen (secondary N) is 2. The number of carbonyl (C=O) groups excluding carboxylic acids is 1. The number of amides is 1. The highest BCUT2D eigenvalue weighted by Gasteiger charge is 2.33. The molecule has 2 heterocycles. The van der Waals surface area contributed by atoms with Crippen LogP contribution in [0.5, 0.6) is 0 Å². The minimum absolute atomic E-state index is 0.197. The fourth-order valence-electron chi connectivity index (χ4n) is 3.04. The number of carbonyl (C=O) groups is 1. The van der Waals surface area contributed by atoms with Crippen LogP contribution in [0.15, 0.2) is 28.8 Å². The number of anilines is 1. The van der Waals surface area contributed by atoms with Gasteiger partial charge >= 0.3 is 6.18 Å². The number of pyridine rings is 1. The Morgan fingerprint density at radius 3 is 2.67 bits per heavy atom. The maximum atomic E-state index is 12.8. The molecule has 0 saturated heterocycles. The molecule has 2 aromatic heterocycles. The van der Waals surface area contributed by atoms with Crippen molar-refractivity contribution in [3.8, 4) is 0 Å². The number of alkyl halides is 3. The van der Waals surface area contributed by atoms with E-state index in [9.17, 15) is 28.1 Å². The van der Waals surface area contributed by atoms with Gasteiger partial charge in [-0.2, -0.15) is 13.2 Å².